The van der Waals surface area contributed by atoms with E-state index in [0.717, 1.165) is 16.8 Å². The van der Waals surface area contributed by atoms with E-state index in [4.69, 9.17) is 0 Å². The maximum Gasteiger partial charge on any atom is 0.319 e. The highest BCUT2D eigenvalue weighted by Crippen LogP contribution is 2.29. The second-order valence-electron chi connectivity index (χ2n) is 6.53. The number of carbonyl (C=O) groups is 1. The Bertz CT molecular complexity index is 629. The lowest BCUT2D eigenvalue weighted by atomic mass is 9.86. The lowest BCUT2D eigenvalue weighted by Gasteiger charge is -2.23. The van der Waals surface area contributed by atoms with Crippen LogP contribution in [0.1, 0.15) is 44.9 Å². The number of nitrogens with one attached hydrogen (secondary N) is 2. The van der Waals surface area contributed by atoms with E-state index in [9.17, 15) is 4.79 Å². The maximum atomic E-state index is 12.3. The van der Waals surface area contributed by atoms with Gasteiger partial charge in [0.05, 0.1) is 6.04 Å². The summed E-state index contributed by atoms with van der Waals surface area (Å²) in [5, 5.41) is 5.94. The monoisotopic (exact) mass is 296 g/mol. The Morgan fingerprint density at radius 2 is 1.55 bits per heavy atom. The van der Waals surface area contributed by atoms with Crippen LogP contribution in [0.4, 0.5) is 10.5 Å². The van der Waals surface area contributed by atoms with Gasteiger partial charge in [-0.2, -0.15) is 0 Å². The largest absolute Gasteiger partial charge is 0.331 e. The van der Waals surface area contributed by atoms with Crippen LogP contribution >= 0.6 is 0 Å². The summed E-state index contributed by atoms with van der Waals surface area (Å²) in [6.45, 7) is 8.39. The van der Waals surface area contributed by atoms with E-state index in [1.165, 1.54) is 0 Å². The van der Waals surface area contributed by atoms with Crippen LogP contribution in [0.2, 0.25) is 0 Å². The summed E-state index contributed by atoms with van der Waals surface area (Å²) in [4.78, 5) is 12.3. The van der Waals surface area contributed by atoms with Gasteiger partial charge in [-0.15, -0.1) is 0 Å². The molecule has 0 spiro atoms. The molecule has 3 heteroatoms. The molecule has 0 aliphatic carbocycles. The van der Waals surface area contributed by atoms with Gasteiger partial charge in [-0.1, -0.05) is 69.3 Å². The van der Waals surface area contributed by atoms with Gasteiger partial charge in [0.15, 0.2) is 0 Å². The molecule has 3 nitrogen and oxygen atoms in total. The third-order valence-electron chi connectivity index (χ3n) is 3.63. The van der Waals surface area contributed by atoms with Crippen molar-refractivity contribution >= 4 is 11.7 Å². The van der Waals surface area contributed by atoms with Crippen molar-refractivity contribution in [2.45, 2.75) is 39.2 Å². The molecule has 2 rings (SSSR count). The van der Waals surface area contributed by atoms with Gasteiger partial charge in [0, 0.05) is 5.69 Å². The Labute approximate surface area is 132 Å². The standard InChI is InChI=1S/C19H24N2O/c1-14(15-10-6-5-7-11-15)20-18(22)21-17-13-9-8-12-16(17)19(2,3)4/h5-14H,1-4H3,(H2,20,21,22)/t14-/m1/s1. The lowest BCUT2D eigenvalue weighted by molar-refractivity contribution is 0.249. The van der Waals surface area contributed by atoms with Crippen LogP contribution < -0.4 is 10.6 Å². The maximum absolute atomic E-state index is 12.3. The first-order valence-electron chi connectivity index (χ1n) is 7.60. The van der Waals surface area contributed by atoms with Gasteiger partial charge in [-0.05, 0) is 29.5 Å². The lowest BCUT2D eigenvalue weighted by Crippen LogP contribution is -2.32. The average Bonchev–Trinajstić information content (AvgIpc) is 2.47. The summed E-state index contributed by atoms with van der Waals surface area (Å²) >= 11 is 0. The van der Waals surface area contributed by atoms with Crippen LogP contribution in [0.25, 0.3) is 0 Å². The molecule has 1 atom stereocenters. The molecular weight excluding hydrogens is 272 g/mol. The average molecular weight is 296 g/mol. The van der Waals surface area contributed by atoms with Crippen molar-refractivity contribution in [3.8, 4) is 0 Å². The van der Waals surface area contributed by atoms with Crippen molar-refractivity contribution in [3.05, 3.63) is 65.7 Å². The summed E-state index contributed by atoms with van der Waals surface area (Å²) in [6.07, 6.45) is 0. The Balaban J connectivity index is 2.07. The van der Waals surface area contributed by atoms with Gasteiger partial charge in [0.1, 0.15) is 0 Å². The molecule has 0 saturated heterocycles. The van der Waals surface area contributed by atoms with Gasteiger partial charge in [-0.3, -0.25) is 0 Å². The van der Waals surface area contributed by atoms with Crippen LogP contribution in [0, 0.1) is 0 Å². The topological polar surface area (TPSA) is 41.1 Å². The van der Waals surface area contributed by atoms with Crippen molar-refractivity contribution < 1.29 is 4.79 Å². The molecule has 0 unspecified atom stereocenters. The van der Waals surface area contributed by atoms with E-state index >= 15 is 0 Å². The van der Waals surface area contributed by atoms with Crippen LogP contribution in [0.3, 0.4) is 0 Å². The summed E-state index contributed by atoms with van der Waals surface area (Å²) in [5.74, 6) is 0. The molecule has 22 heavy (non-hydrogen) atoms. The molecule has 0 fully saturated rings. The number of hydrogen-bond donors (Lipinski definition) is 2. The van der Waals surface area contributed by atoms with Crippen molar-refractivity contribution in [2.75, 3.05) is 5.32 Å². The van der Waals surface area contributed by atoms with Crippen molar-refractivity contribution in [3.63, 3.8) is 0 Å². The SMILES string of the molecule is C[C@@H](NC(=O)Nc1ccccc1C(C)(C)C)c1ccccc1. The molecule has 0 aliphatic rings. The van der Waals surface area contributed by atoms with E-state index in [-0.39, 0.29) is 17.5 Å². The predicted molar refractivity (Wildman–Crippen MR) is 92.2 cm³/mol. The second kappa shape index (κ2) is 6.65. The molecule has 0 radical (unpaired) electrons. The zero-order valence-corrected chi connectivity index (χ0v) is 13.7. The third-order valence-corrected chi connectivity index (χ3v) is 3.63. The van der Waals surface area contributed by atoms with Crippen LogP contribution in [0.15, 0.2) is 54.6 Å². The molecule has 2 aromatic carbocycles. The molecule has 2 N–H and O–H groups in total. The fourth-order valence-corrected chi connectivity index (χ4v) is 2.43. The smallest absolute Gasteiger partial charge is 0.319 e. The van der Waals surface area contributed by atoms with Crippen LogP contribution in [-0.2, 0) is 5.41 Å². The molecular formula is C19H24N2O. The normalized spacial score (nSPS) is 12.5. The van der Waals surface area contributed by atoms with E-state index < -0.39 is 0 Å². The van der Waals surface area contributed by atoms with Gasteiger partial charge < -0.3 is 10.6 Å². The molecule has 0 heterocycles. The highest BCUT2D eigenvalue weighted by molar-refractivity contribution is 5.90. The van der Waals surface area contributed by atoms with Crippen molar-refractivity contribution in [1.29, 1.82) is 0 Å². The number of anilines is 1. The zero-order valence-electron chi connectivity index (χ0n) is 13.7. The molecule has 0 saturated carbocycles. The van der Waals surface area contributed by atoms with Crippen molar-refractivity contribution in [2.24, 2.45) is 0 Å². The summed E-state index contributed by atoms with van der Waals surface area (Å²) in [5.41, 5.74) is 3.04. The number of urea groups is 1. The Kier molecular flexibility index (Phi) is 4.86. The number of carbonyl (C=O) groups excluding carboxylic acids is 1. The van der Waals surface area contributed by atoms with E-state index in [1.807, 2.05) is 55.5 Å². The number of benzene rings is 2. The Hall–Kier alpha value is -2.29. The highest BCUT2D eigenvalue weighted by atomic mass is 16.2. The minimum Gasteiger partial charge on any atom is -0.331 e. The minimum atomic E-state index is -0.187. The first-order chi connectivity index (χ1) is 10.4. The fourth-order valence-electron chi connectivity index (χ4n) is 2.43. The summed E-state index contributed by atoms with van der Waals surface area (Å²) < 4.78 is 0. The molecule has 0 bridgehead atoms. The molecule has 0 aromatic heterocycles. The number of para-hydroxylation sites is 1. The highest BCUT2D eigenvalue weighted by Gasteiger charge is 2.19. The predicted octanol–water partition coefficient (Wildman–Crippen LogP) is 4.87. The first-order valence-corrected chi connectivity index (χ1v) is 7.60. The molecule has 2 amide bonds. The van der Waals surface area contributed by atoms with Crippen molar-refractivity contribution in [1.82, 2.24) is 5.32 Å². The number of amides is 2. The van der Waals surface area contributed by atoms with Gasteiger partial charge >= 0.3 is 6.03 Å². The quantitative estimate of drug-likeness (QED) is 0.833. The summed E-state index contributed by atoms with van der Waals surface area (Å²) in [7, 11) is 0. The van der Waals surface area contributed by atoms with Gasteiger partial charge in [0.25, 0.3) is 0 Å². The minimum absolute atomic E-state index is 0.0189. The van der Waals surface area contributed by atoms with Gasteiger partial charge in [0.2, 0.25) is 0 Å². The third kappa shape index (κ3) is 4.10. The number of rotatable bonds is 3. The molecule has 0 aliphatic heterocycles. The second-order valence-corrected chi connectivity index (χ2v) is 6.53. The van der Waals surface area contributed by atoms with E-state index in [1.54, 1.807) is 0 Å². The molecule has 116 valence electrons. The Morgan fingerprint density at radius 3 is 2.18 bits per heavy atom. The fraction of sp³-hybridized carbons (Fsp3) is 0.316. The van der Waals surface area contributed by atoms with Crippen LogP contribution in [-0.4, -0.2) is 6.03 Å². The number of hydrogen-bond acceptors (Lipinski definition) is 1. The molecule has 2 aromatic rings. The van der Waals surface area contributed by atoms with E-state index in [0.29, 0.717) is 0 Å². The van der Waals surface area contributed by atoms with Gasteiger partial charge in [-0.25, -0.2) is 4.79 Å². The Morgan fingerprint density at radius 1 is 0.955 bits per heavy atom. The zero-order chi connectivity index (χ0) is 16.2. The first kappa shape index (κ1) is 16.1. The summed E-state index contributed by atoms with van der Waals surface area (Å²) in [6, 6.07) is 17.6. The van der Waals surface area contributed by atoms with Crippen LogP contribution in [0.5, 0.6) is 0 Å². The van der Waals surface area contributed by atoms with E-state index in [2.05, 4.69) is 37.5 Å².